The van der Waals surface area contributed by atoms with Crippen molar-refractivity contribution in [2.24, 2.45) is 0 Å². The molecule has 0 aliphatic heterocycles. The molecule has 0 aliphatic carbocycles. The molecular formula is C59H94O6. The zero-order valence-corrected chi connectivity index (χ0v) is 41.7. The van der Waals surface area contributed by atoms with E-state index in [2.05, 4.69) is 75.5 Å². The molecule has 0 aromatic carbocycles. The maximum absolute atomic E-state index is 12.8. The van der Waals surface area contributed by atoms with Gasteiger partial charge in [-0.15, -0.1) is 0 Å². The van der Waals surface area contributed by atoms with Crippen LogP contribution in [0.5, 0.6) is 0 Å². The molecule has 0 fully saturated rings. The zero-order chi connectivity index (χ0) is 47.2. The maximum atomic E-state index is 12.8. The summed E-state index contributed by atoms with van der Waals surface area (Å²) < 4.78 is 16.7. The molecule has 6 heteroatoms. The fourth-order valence-corrected chi connectivity index (χ4v) is 6.76. The van der Waals surface area contributed by atoms with E-state index in [0.717, 1.165) is 64.2 Å². The fourth-order valence-electron chi connectivity index (χ4n) is 6.76. The molecule has 0 radical (unpaired) electrons. The van der Waals surface area contributed by atoms with Crippen LogP contribution in [0.4, 0.5) is 0 Å². The summed E-state index contributed by atoms with van der Waals surface area (Å²) in [5.41, 5.74) is 0. The highest BCUT2D eigenvalue weighted by Gasteiger charge is 2.19. The van der Waals surface area contributed by atoms with Gasteiger partial charge in [0.15, 0.2) is 6.10 Å². The van der Waals surface area contributed by atoms with Crippen LogP contribution in [0, 0.1) is 0 Å². The average Bonchev–Trinajstić information content (AvgIpc) is 3.30. The molecule has 65 heavy (non-hydrogen) atoms. The van der Waals surface area contributed by atoms with Gasteiger partial charge in [0.25, 0.3) is 0 Å². The van der Waals surface area contributed by atoms with E-state index < -0.39 is 12.1 Å². The Bertz CT molecular complexity index is 1400. The van der Waals surface area contributed by atoms with E-state index in [0.29, 0.717) is 19.3 Å². The maximum Gasteiger partial charge on any atom is 0.306 e. The molecule has 0 amide bonds. The molecule has 1 atom stereocenters. The molecule has 0 N–H and O–H groups in total. The Kier molecular flexibility index (Phi) is 49.1. The summed E-state index contributed by atoms with van der Waals surface area (Å²) in [7, 11) is 0. The molecule has 0 aliphatic rings. The first-order chi connectivity index (χ1) is 32.0. The SMILES string of the molecule is CC\C=C/C=C\C=C/C=C\C=C/CCCC(=O)OCC(COC(=O)CCCCCCCCCCCCCCCCCCCC)OC(=O)CC/C=C\C/C=C\C/C=C\C/C=C\C/C=C\CC. The number of carbonyl (C=O) groups is 3. The summed E-state index contributed by atoms with van der Waals surface area (Å²) in [6.45, 7) is 6.25. The van der Waals surface area contributed by atoms with Crippen molar-refractivity contribution in [3.05, 3.63) is 122 Å². The normalized spacial score (nSPS) is 13.1. The minimum absolute atomic E-state index is 0.132. The first kappa shape index (κ1) is 60.8. The van der Waals surface area contributed by atoms with Crippen LogP contribution in [0.3, 0.4) is 0 Å². The van der Waals surface area contributed by atoms with Crippen LogP contribution in [0.25, 0.3) is 0 Å². The minimum Gasteiger partial charge on any atom is -0.462 e. The quantitative estimate of drug-likeness (QED) is 0.0199. The van der Waals surface area contributed by atoms with Crippen LogP contribution < -0.4 is 0 Å². The second-order valence-electron chi connectivity index (χ2n) is 16.8. The van der Waals surface area contributed by atoms with Crippen molar-refractivity contribution in [3.63, 3.8) is 0 Å². The van der Waals surface area contributed by atoms with Crippen LogP contribution in [0.1, 0.15) is 213 Å². The third-order valence-electron chi connectivity index (χ3n) is 10.6. The third-order valence-corrected chi connectivity index (χ3v) is 10.6. The largest absolute Gasteiger partial charge is 0.462 e. The lowest BCUT2D eigenvalue weighted by atomic mass is 10.0. The van der Waals surface area contributed by atoms with E-state index in [1.54, 1.807) is 0 Å². The van der Waals surface area contributed by atoms with Crippen LogP contribution >= 0.6 is 0 Å². The van der Waals surface area contributed by atoms with Gasteiger partial charge in [0, 0.05) is 19.3 Å². The van der Waals surface area contributed by atoms with Crippen molar-refractivity contribution >= 4 is 17.9 Å². The Balaban J connectivity index is 4.55. The van der Waals surface area contributed by atoms with Gasteiger partial charge in [-0.3, -0.25) is 14.4 Å². The highest BCUT2D eigenvalue weighted by atomic mass is 16.6. The number of hydrogen-bond donors (Lipinski definition) is 0. The lowest BCUT2D eigenvalue weighted by Gasteiger charge is -2.18. The van der Waals surface area contributed by atoms with Crippen molar-refractivity contribution in [2.45, 2.75) is 219 Å². The molecule has 0 rings (SSSR count). The van der Waals surface area contributed by atoms with Crippen molar-refractivity contribution in [1.82, 2.24) is 0 Å². The van der Waals surface area contributed by atoms with Crippen LogP contribution in [-0.2, 0) is 28.6 Å². The predicted octanol–water partition coefficient (Wildman–Crippen LogP) is 17.3. The number of carbonyl (C=O) groups excluding carboxylic acids is 3. The number of hydrogen-bond acceptors (Lipinski definition) is 6. The summed E-state index contributed by atoms with van der Waals surface area (Å²) in [4.78, 5) is 37.9. The van der Waals surface area contributed by atoms with E-state index in [1.807, 2.05) is 66.8 Å². The van der Waals surface area contributed by atoms with Gasteiger partial charge < -0.3 is 14.2 Å². The second-order valence-corrected chi connectivity index (χ2v) is 16.8. The Hall–Kier alpha value is -4.19. The molecule has 0 bridgehead atoms. The van der Waals surface area contributed by atoms with Gasteiger partial charge in [0.05, 0.1) is 0 Å². The minimum atomic E-state index is -0.848. The van der Waals surface area contributed by atoms with Gasteiger partial charge in [-0.05, 0) is 64.2 Å². The summed E-state index contributed by atoms with van der Waals surface area (Å²) in [5.74, 6) is -1.10. The van der Waals surface area contributed by atoms with E-state index in [-0.39, 0.29) is 38.0 Å². The summed E-state index contributed by atoms with van der Waals surface area (Å²) in [6, 6.07) is 0. The highest BCUT2D eigenvalue weighted by Crippen LogP contribution is 2.15. The monoisotopic (exact) mass is 899 g/mol. The van der Waals surface area contributed by atoms with Gasteiger partial charge >= 0.3 is 17.9 Å². The van der Waals surface area contributed by atoms with E-state index in [1.165, 1.54) is 96.3 Å². The molecule has 1 unspecified atom stereocenters. The number of esters is 3. The zero-order valence-electron chi connectivity index (χ0n) is 41.7. The van der Waals surface area contributed by atoms with Gasteiger partial charge in [0.2, 0.25) is 0 Å². The molecule has 366 valence electrons. The molecule has 0 spiro atoms. The molecule has 0 aromatic rings. The highest BCUT2D eigenvalue weighted by molar-refractivity contribution is 5.71. The predicted molar refractivity (Wildman–Crippen MR) is 279 cm³/mol. The molecule has 0 aromatic heterocycles. The molecule has 0 saturated heterocycles. The summed E-state index contributed by atoms with van der Waals surface area (Å²) in [6.07, 6.45) is 72.1. The average molecular weight is 899 g/mol. The van der Waals surface area contributed by atoms with Crippen LogP contribution in [0.15, 0.2) is 122 Å². The van der Waals surface area contributed by atoms with Gasteiger partial charge in [-0.2, -0.15) is 0 Å². The Labute approximate surface area is 399 Å². The van der Waals surface area contributed by atoms with Crippen molar-refractivity contribution in [3.8, 4) is 0 Å². The molecule has 6 nitrogen and oxygen atoms in total. The van der Waals surface area contributed by atoms with Crippen molar-refractivity contribution in [1.29, 1.82) is 0 Å². The smallest absolute Gasteiger partial charge is 0.306 e. The third kappa shape index (κ3) is 50.7. The summed E-state index contributed by atoms with van der Waals surface area (Å²) >= 11 is 0. The van der Waals surface area contributed by atoms with Gasteiger partial charge in [0.1, 0.15) is 13.2 Å². The Morgan fingerprint density at radius 3 is 1.15 bits per heavy atom. The number of ether oxygens (including phenoxy) is 3. The molecule has 0 saturated carbocycles. The topological polar surface area (TPSA) is 78.9 Å². The molecular weight excluding hydrogens is 805 g/mol. The Morgan fingerprint density at radius 1 is 0.338 bits per heavy atom. The second kappa shape index (κ2) is 52.4. The van der Waals surface area contributed by atoms with Crippen molar-refractivity contribution < 1.29 is 28.6 Å². The number of rotatable bonds is 45. The number of unbranched alkanes of at least 4 members (excludes halogenated alkanes) is 18. The first-order valence-corrected chi connectivity index (χ1v) is 26.1. The first-order valence-electron chi connectivity index (χ1n) is 26.1. The summed E-state index contributed by atoms with van der Waals surface area (Å²) in [5, 5.41) is 0. The number of allylic oxidation sites excluding steroid dienone is 20. The fraction of sp³-hybridized carbons (Fsp3) is 0.610. The molecule has 0 heterocycles. The van der Waals surface area contributed by atoms with E-state index >= 15 is 0 Å². The van der Waals surface area contributed by atoms with Gasteiger partial charge in [-0.25, -0.2) is 0 Å². The Morgan fingerprint density at radius 2 is 0.708 bits per heavy atom. The van der Waals surface area contributed by atoms with Crippen molar-refractivity contribution in [2.75, 3.05) is 13.2 Å². The lowest BCUT2D eigenvalue weighted by Crippen LogP contribution is -2.30. The van der Waals surface area contributed by atoms with Crippen LogP contribution in [-0.4, -0.2) is 37.2 Å². The van der Waals surface area contributed by atoms with E-state index in [4.69, 9.17) is 14.2 Å². The van der Waals surface area contributed by atoms with E-state index in [9.17, 15) is 14.4 Å². The standard InChI is InChI=1S/C59H94O6/c1-4-7-10-13-16-19-22-25-27-29-30-32-34-37-40-43-46-49-52-58(61)64-55-56(54-63-57(60)51-48-45-42-39-36-33-24-21-18-15-12-9-6-3)65-59(62)53-50-47-44-41-38-35-31-28-26-23-20-17-14-11-8-5-2/h8-9,11-12,15,17-18,20-21,24,26,28,33,35-36,38-39,42,44,47,56H,4-7,10,13-14,16,19,22-23,25,27,29-32,34,37,40-41,43,45-46,48-55H2,1-3H3/b11-8-,12-9-,18-15-,20-17-,24-21-,28-26-,36-33-,38-35-,42-39-,47-44-. The van der Waals surface area contributed by atoms with Crippen LogP contribution in [0.2, 0.25) is 0 Å². The van der Waals surface area contributed by atoms with Gasteiger partial charge in [-0.1, -0.05) is 251 Å². The lowest BCUT2D eigenvalue weighted by molar-refractivity contribution is -0.166.